The Morgan fingerprint density at radius 1 is 1.18 bits per heavy atom. The molecule has 2 bridgehead atoms. The summed E-state index contributed by atoms with van der Waals surface area (Å²) in [5.41, 5.74) is 0.389. The first-order valence-electron chi connectivity index (χ1n) is 10.3. The van der Waals surface area contributed by atoms with E-state index in [4.69, 9.17) is 4.55 Å². The lowest BCUT2D eigenvalue weighted by Gasteiger charge is -2.59. The smallest absolute Gasteiger partial charge is 0.322 e. The minimum absolute atomic E-state index is 0.130. The van der Waals surface area contributed by atoms with Crippen LogP contribution in [-0.4, -0.2) is 89.8 Å². The van der Waals surface area contributed by atoms with Gasteiger partial charge in [0.15, 0.2) is 5.88 Å². The normalized spacial score (nSPS) is 32.4. The largest absolute Gasteiger partial charge is 0.352 e. The number of carbonyl (C=O) groups is 2. The van der Waals surface area contributed by atoms with Crippen molar-refractivity contribution in [3.63, 3.8) is 0 Å². The molecule has 5 aliphatic rings. The molecular formula is C18H28N4O5S. The van der Waals surface area contributed by atoms with E-state index < -0.39 is 28.1 Å². The van der Waals surface area contributed by atoms with Gasteiger partial charge in [0.25, 0.3) is 10.1 Å². The maximum atomic E-state index is 12.8. The third-order valence-corrected chi connectivity index (χ3v) is 7.74. The van der Waals surface area contributed by atoms with Crippen molar-refractivity contribution in [3.05, 3.63) is 0 Å². The van der Waals surface area contributed by atoms with Crippen LogP contribution in [-0.2, 0) is 14.9 Å². The molecule has 1 spiro atoms. The predicted octanol–water partition coefficient (Wildman–Crippen LogP) is 0.0909. The molecular weight excluding hydrogens is 384 g/mol. The molecule has 5 rings (SSSR count). The van der Waals surface area contributed by atoms with Crippen LogP contribution in [0, 0.1) is 11.3 Å². The summed E-state index contributed by atoms with van der Waals surface area (Å²) in [6.45, 7) is 3.88. The van der Waals surface area contributed by atoms with Gasteiger partial charge in [-0.15, -0.1) is 0 Å². The zero-order valence-electron chi connectivity index (χ0n) is 15.9. The molecule has 9 nitrogen and oxygen atoms in total. The van der Waals surface area contributed by atoms with E-state index in [0.717, 1.165) is 31.8 Å². The molecule has 28 heavy (non-hydrogen) atoms. The molecule has 3 amide bonds. The number of piperidine rings is 1. The van der Waals surface area contributed by atoms with Gasteiger partial charge in [0.2, 0.25) is 5.91 Å². The highest BCUT2D eigenvalue weighted by Gasteiger charge is 2.54. The number of nitrogens with one attached hydrogen (secondary N) is 1. The van der Waals surface area contributed by atoms with Crippen molar-refractivity contribution < 1.29 is 22.6 Å². The molecule has 156 valence electrons. The number of likely N-dealkylation sites (tertiary alicyclic amines) is 1. The van der Waals surface area contributed by atoms with E-state index >= 15 is 0 Å². The van der Waals surface area contributed by atoms with Crippen molar-refractivity contribution in [1.29, 1.82) is 0 Å². The van der Waals surface area contributed by atoms with Gasteiger partial charge in [0.1, 0.15) is 6.04 Å². The van der Waals surface area contributed by atoms with Gasteiger partial charge < -0.3 is 20.0 Å². The van der Waals surface area contributed by atoms with Gasteiger partial charge in [-0.3, -0.25) is 9.35 Å². The molecule has 0 aromatic heterocycles. The molecule has 0 radical (unpaired) electrons. The van der Waals surface area contributed by atoms with Crippen molar-refractivity contribution in [2.45, 2.75) is 56.7 Å². The first kappa shape index (κ1) is 18.6. The topological polar surface area (TPSA) is 110 Å². The summed E-state index contributed by atoms with van der Waals surface area (Å²) >= 11 is 0. The number of hydrogen-bond donors (Lipinski definition) is 2. The zero-order chi connectivity index (χ0) is 19.7. The number of hydrogen-bond acceptors (Lipinski definition) is 5. The minimum Gasteiger partial charge on any atom is -0.352 e. The second-order valence-corrected chi connectivity index (χ2v) is 11.0. The van der Waals surface area contributed by atoms with Crippen LogP contribution >= 0.6 is 0 Å². The highest BCUT2D eigenvalue weighted by molar-refractivity contribution is 7.85. The maximum Gasteiger partial charge on any atom is 0.322 e. The maximum absolute atomic E-state index is 12.8. The highest BCUT2D eigenvalue weighted by atomic mass is 32.2. The molecule has 0 unspecified atom stereocenters. The van der Waals surface area contributed by atoms with E-state index in [1.54, 1.807) is 0 Å². The minimum atomic E-state index is -4.27. The van der Waals surface area contributed by atoms with Crippen LogP contribution < -0.4 is 5.32 Å². The summed E-state index contributed by atoms with van der Waals surface area (Å²) < 4.78 is 31.4. The van der Waals surface area contributed by atoms with E-state index in [9.17, 15) is 18.0 Å². The van der Waals surface area contributed by atoms with Crippen molar-refractivity contribution in [1.82, 2.24) is 20.0 Å². The average Bonchev–Trinajstić information content (AvgIpc) is 3.34. The Labute approximate surface area is 165 Å². The third kappa shape index (κ3) is 3.39. The lowest BCUT2D eigenvalue weighted by molar-refractivity contribution is -0.132. The molecule has 10 heteroatoms. The lowest BCUT2D eigenvalue weighted by atomic mass is 9.60. The van der Waals surface area contributed by atoms with Gasteiger partial charge in [0.05, 0.1) is 6.04 Å². The standard InChI is InChI=1S/C18H28N4O5S/c23-16(19-13-5-18(6-13)9-20(10-18)7-12-1-2-12)15-4-3-14-8-21(15)17(24)22(14)11-28(25,26)27/h12-15H,1-11H2,(H,19,23)(H,25,26,27)/t14-,15+/m1/s1. The Morgan fingerprint density at radius 2 is 1.89 bits per heavy atom. The van der Waals surface area contributed by atoms with Gasteiger partial charge >= 0.3 is 6.03 Å². The van der Waals surface area contributed by atoms with Crippen molar-refractivity contribution in [2.24, 2.45) is 11.3 Å². The fraction of sp³-hybridized carbons (Fsp3) is 0.889. The number of urea groups is 1. The quantitative estimate of drug-likeness (QED) is 0.599. The summed E-state index contributed by atoms with van der Waals surface area (Å²) in [7, 11) is -4.27. The van der Waals surface area contributed by atoms with Gasteiger partial charge in [0, 0.05) is 32.2 Å². The first-order chi connectivity index (χ1) is 13.2. The molecule has 3 heterocycles. The molecule has 3 saturated heterocycles. The van der Waals surface area contributed by atoms with Crippen molar-refractivity contribution in [2.75, 3.05) is 32.1 Å². The fourth-order valence-electron chi connectivity index (χ4n) is 5.69. The van der Waals surface area contributed by atoms with Crippen LogP contribution in [0.1, 0.15) is 38.5 Å². The van der Waals surface area contributed by atoms with E-state index in [2.05, 4.69) is 10.2 Å². The van der Waals surface area contributed by atoms with Crippen LogP contribution in [0.2, 0.25) is 0 Å². The molecule has 0 aromatic rings. The van der Waals surface area contributed by atoms with E-state index in [1.165, 1.54) is 29.2 Å². The SMILES string of the molecule is O=C(NC1CC2(C1)CN(CC1CC1)C2)[C@@H]1CC[C@@H]2CN1C(=O)N2CS(=O)(=O)O. The molecule has 2 N–H and O–H groups in total. The second-order valence-electron chi connectivity index (χ2n) is 9.59. The van der Waals surface area contributed by atoms with E-state index in [1.807, 2.05) is 0 Å². The lowest BCUT2D eigenvalue weighted by Crippen LogP contribution is -2.67. The summed E-state index contributed by atoms with van der Waals surface area (Å²) in [4.78, 5) is 30.5. The Hall–Kier alpha value is -1.39. The molecule has 2 saturated carbocycles. The van der Waals surface area contributed by atoms with Crippen LogP contribution in [0.4, 0.5) is 4.79 Å². The average molecular weight is 413 g/mol. The Balaban J connectivity index is 1.12. The van der Waals surface area contributed by atoms with Crippen LogP contribution in [0.25, 0.3) is 0 Å². The van der Waals surface area contributed by atoms with Crippen molar-refractivity contribution >= 4 is 22.1 Å². The van der Waals surface area contributed by atoms with Crippen LogP contribution in [0.15, 0.2) is 0 Å². The second kappa shape index (κ2) is 6.30. The summed E-state index contributed by atoms with van der Waals surface area (Å²) in [6.07, 6.45) is 5.87. The van der Waals surface area contributed by atoms with E-state index in [0.29, 0.717) is 24.8 Å². The van der Waals surface area contributed by atoms with Gasteiger partial charge in [-0.05, 0) is 49.9 Å². The van der Waals surface area contributed by atoms with E-state index in [-0.39, 0.29) is 18.0 Å². The van der Waals surface area contributed by atoms with Gasteiger partial charge in [-0.25, -0.2) is 4.79 Å². The van der Waals surface area contributed by atoms with Crippen LogP contribution in [0.5, 0.6) is 0 Å². The summed E-state index contributed by atoms with van der Waals surface area (Å²) in [6, 6.07) is -1.09. The van der Waals surface area contributed by atoms with Gasteiger partial charge in [-0.1, -0.05) is 0 Å². The Morgan fingerprint density at radius 3 is 2.54 bits per heavy atom. The Kier molecular flexibility index (Phi) is 4.19. The highest BCUT2D eigenvalue weighted by Crippen LogP contribution is 2.49. The molecule has 0 aromatic carbocycles. The van der Waals surface area contributed by atoms with Crippen molar-refractivity contribution in [3.8, 4) is 0 Å². The Bertz CT molecular complexity index is 784. The van der Waals surface area contributed by atoms with Gasteiger partial charge in [-0.2, -0.15) is 8.42 Å². The number of carbonyl (C=O) groups excluding carboxylic acids is 2. The predicted molar refractivity (Wildman–Crippen MR) is 99.9 cm³/mol. The summed E-state index contributed by atoms with van der Waals surface area (Å²) in [5, 5.41) is 3.11. The fourth-order valence-corrected chi connectivity index (χ4v) is 6.36. The van der Waals surface area contributed by atoms with Crippen LogP contribution in [0.3, 0.4) is 0 Å². The third-order valence-electron chi connectivity index (χ3n) is 7.13. The molecule has 3 aliphatic heterocycles. The summed E-state index contributed by atoms with van der Waals surface area (Å²) in [5.74, 6) is 0.0834. The number of rotatable bonds is 6. The first-order valence-corrected chi connectivity index (χ1v) is 11.9. The zero-order valence-corrected chi connectivity index (χ0v) is 16.7. The molecule has 2 aliphatic carbocycles. The monoisotopic (exact) mass is 412 g/mol. The molecule has 2 atom stereocenters. The number of nitrogens with zero attached hydrogens (tertiary/aromatic N) is 3. The molecule has 5 fully saturated rings. The number of amides is 3. The number of fused-ring (bicyclic) bond motifs is 2.